The summed E-state index contributed by atoms with van der Waals surface area (Å²) in [5, 5.41) is 12.3. The summed E-state index contributed by atoms with van der Waals surface area (Å²) in [5.41, 5.74) is 0.802. The zero-order valence-electron chi connectivity index (χ0n) is 10.7. The number of aliphatic hydroxyl groups excluding tert-OH is 1. The predicted octanol–water partition coefficient (Wildman–Crippen LogP) is 4.00. The molecule has 0 spiro atoms. The highest BCUT2D eigenvalue weighted by molar-refractivity contribution is 9.10. The predicted molar refractivity (Wildman–Crippen MR) is 80.2 cm³/mol. The van der Waals surface area contributed by atoms with Crippen molar-refractivity contribution >= 4 is 27.3 Å². The molecule has 0 amide bonds. The van der Waals surface area contributed by atoms with Gasteiger partial charge >= 0.3 is 0 Å². The molecule has 0 saturated heterocycles. The lowest BCUT2D eigenvalue weighted by atomic mass is 10.1. The van der Waals surface area contributed by atoms with Gasteiger partial charge in [0.05, 0.1) is 23.1 Å². The first-order chi connectivity index (χ1) is 9.17. The number of thiophene rings is 1. The maximum atomic E-state index is 10.4. The van der Waals surface area contributed by atoms with E-state index in [1.807, 2.05) is 36.6 Å². The molecule has 1 aromatic heterocycles. The Bertz CT molecular complexity index is 553. The van der Waals surface area contributed by atoms with Gasteiger partial charge in [-0.3, -0.25) is 0 Å². The summed E-state index contributed by atoms with van der Waals surface area (Å²) < 4.78 is 11.5. The van der Waals surface area contributed by atoms with Gasteiger partial charge in [0.15, 0.2) is 0 Å². The van der Waals surface area contributed by atoms with E-state index in [1.165, 1.54) is 11.3 Å². The minimum atomic E-state index is -0.693. The number of rotatable bonds is 5. The molecule has 2 aromatic rings. The van der Waals surface area contributed by atoms with Crippen molar-refractivity contribution in [2.24, 2.45) is 0 Å². The maximum Gasteiger partial charge on any atom is 0.135 e. The van der Waals surface area contributed by atoms with Crippen LogP contribution < -0.4 is 9.47 Å². The minimum Gasteiger partial charge on any atom is -0.495 e. The van der Waals surface area contributed by atoms with E-state index in [-0.39, 0.29) is 0 Å². The molecule has 1 atom stereocenters. The second-order valence-electron chi connectivity index (χ2n) is 3.88. The van der Waals surface area contributed by atoms with Crippen LogP contribution in [0.3, 0.4) is 0 Å². The fourth-order valence-electron chi connectivity index (χ4n) is 1.79. The molecule has 0 aliphatic heterocycles. The molecule has 3 nitrogen and oxygen atoms in total. The summed E-state index contributed by atoms with van der Waals surface area (Å²) in [7, 11) is 1.60. The molecule has 1 aromatic carbocycles. The fraction of sp³-hybridized carbons (Fsp3) is 0.286. The molecular formula is C14H15BrO3S. The Kier molecular flexibility index (Phi) is 4.85. The van der Waals surface area contributed by atoms with Crippen LogP contribution in [0.4, 0.5) is 0 Å². The van der Waals surface area contributed by atoms with Crippen molar-refractivity contribution in [3.05, 3.63) is 44.6 Å². The van der Waals surface area contributed by atoms with Crippen molar-refractivity contribution in [2.45, 2.75) is 13.0 Å². The summed E-state index contributed by atoms with van der Waals surface area (Å²) in [5.74, 6) is 1.49. The monoisotopic (exact) mass is 342 g/mol. The first kappa shape index (κ1) is 14.4. The number of ether oxygens (including phenoxy) is 2. The van der Waals surface area contributed by atoms with Crippen LogP contribution in [0.5, 0.6) is 11.5 Å². The average molecular weight is 343 g/mol. The molecule has 0 bridgehead atoms. The highest BCUT2D eigenvalue weighted by atomic mass is 79.9. The third-order valence-corrected chi connectivity index (χ3v) is 4.27. The molecule has 1 unspecified atom stereocenters. The van der Waals surface area contributed by atoms with E-state index in [0.29, 0.717) is 12.4 Å². The number of halogens is 1. The normalized spacial score (nSPS) is 12.2. The summed E-state index contributed by atoms with van der Waals surface area (Å²) in [4.78, 5) is 0.804. The number of methoxy groups -OCH3 is 1. The molecule has 0 aliphatic carbocycles. The summed E-state index contributed by atoms with van der Waals surface area (Å²) in [6.07, 6.45) is -0.693. The third kappa shape index (κ3) is 3.11. The first-order valence-corrected chi connectivity index (χ1v) is 7.56. The second-order valence-corrected chi connectivity index (χ2v) is 5.68. The van der Waals surface area contributed by atoms with E-state index in [0.717, 1.165) is 20.7 Å². The van der Waals surface area contributed by atoms with Crippen LogP contribution in [0.2, 0.25) is 0 Å². The van der Waals surface area contributed by atoms with Gasteiger partial charge in [-0.2, -0.15) is 0 Å². The van der Waals surface area contributed by atoms with Gasteiger partial charge in [-0.15, -0.1) is 11.3 Å². The summed E-state index contributed by atoms with van der Waals surface area (Å²) in [6.45, 7) is 2.55. The van der Waals surface area contributed by atoms with Crippen LogP contribution in [-0.4, -0.2) is 18.8 Å². The first-order valence-electron chi connectivity index (χ1n) is 5.89. The molecule has 2 rings (SSSR count). The molecule has 0 aliphatic rings. The zero-order chi connectivity index (χ0) is 13.8. The van der Waals surface area contributed by atoms with Crippen molar-refractivity contribution in [3.63, 3.8) is 0 Å². The van der Waals surface area contributed by atoms with Crippen molar-refractivity contribution in [3.8, 4) is 11.5 Å². The number of hydrogen-bond donors (Lipinski definition) is 1. The van der Waals surface area contributed by atoms with E-state index < -0.39 is 6.10 Å². The van der Waals surface area contributed by atoms with Gasteiger partial charge in [-0.25, -0.2) is 0 Å². The maximum absolute atomic E-state index is 10.4. The SMILES string of the molecule is CCOc1ccc(C(O)c2sccc2OC)cc1Br. The molecule has 1 heterocycles. The summed E-state index contributed by atoms with van der Waals surface area (Å²) in [6, 6.07) is 7.44. The lowest BCUT2D eigenvalue weighted by Gasteiger charge is -2.13. The summed E-state index contributed by atoms with van der Waals surface area (Å²) >= 11 is 4.93. The molecular weight excluding hydrogens is 328 g/mol. The molecule has 19 heavy (non-hydrogen) atoms. The molecule has 0 radical (unpaired) electrons. The standard InChI is InChI=1S/C14H15BrO3S/c1-3-18-11-5-4-9(8-10(11)15)13(16)14-12(17-2)6-7-19-14/h4-8,13,16H,3H2,1-2H3. The van der Waals surface area contributed by atoms with Crippen LogP contribution >= 0.6 is 27.3 Å². The molecule has 0 fully saturated rings. The Balaban J connectivity index is 2.29. The fourth-order valence-corrected chi connectivity index (χ4v) is 3.17. The number of aliphatic hydroxyl groups is 1. The van der Waals surface area contributed by atoms with Gasteiger partial charge in [0.2, 0.25) is 0 Å². The van der Waals surface area contributed by atoms with Gasteiger partial charge in [0.25, 0.3) is 0 Å². The van der Waals surface area contributed by atoms with Crippen LogP contribution in [0.15, 0.2) is 34.1 Å². The Labute approximate surface area is 124 Å². The largest absolute Gasteiger partial charge is 0.495 e. The van der Waals surface area contributed by atoms with Gasteiger partial charge in [0, 0.05) is 0 Å². The molecule has 1 N–H and O–H groups in total. The van der Waals surface area contributed by atoms with Crippen LogP contribution in [0, 0.1) is 0 Å². The quantitative estimate of drug-likeness (QED) is 0.892. The van der Waals surface area contributed by atoms with Gasteiger partial charge in [0.1, 0.15) is 17.6 Å². The van der Waals surface area contributed by atoms with E-state index in [2.05, 4.69) is 15.9 Å². The van der Waals surface area contributed by atoms with E-state index >= 15 is 0 Å². The Hall–Kier alpha value is -1.04. The topological polar surface area (TPSA) is 38.7 Å². The van der Waals surface area contributed by atoms with Crippen molar-refractivity contribution in [1.29, 1.82) is 0 Å². The van der Waals surface area contributed by atoms with Crippen LogP contribution in [0.25, 0.3) is 0 Å². The Morgan fingerprint density at radius 3 is 2.74 bits per heavy atom. The van der Waals surface area contributed by atoms with Crippen LogP contribution in [-0.2, 0) is 0 Å². The van der Waals surface area contributed by atoms with Crippen molar-refractivity contribution < 1.29 is 14.6 Å². The van der Waals surface area contributed by atoms with Gasteiger partial charge in [-0.05, 0) is 52.0 Å². The van der Waals surface area contributed by atoms with Gasteiger partial charge < -0.3 is 14.6 Å². The average Bonchev–Trinajstić information content (AvgIpc) is 2.88. The lowest BCUT2D eigenvalue weighted by Crippen LogP contribution is -2.00. The smallest absolute Gasteiger partial charge is 0.135 e. The van der Waals surface area contributed by atoms with Crippen molar-refractivity contribution in [1.82, 2.24) is 0 Å². The lowest BCUT2D eigenvalue weighted by molar-refractivity contribution is 0.219. The Morgan fingerprint density at radius 2 is 2.11 bits per heavy atom. The van der Waals surface area contributed by atoms with E-state index in [1.54, 1.807) is 7.11 Å². The van der Waals surface area contributed by atoms with E-state index in [9.17, 15) is 5.11 Å². The Morgan fingerprint density at radius 1 is 1.32 bits per heavy atom. The second kappa shape index (κ2) is 6.41. The molecule has 102 valence electrons. The van der Waals surface area contributed by atoms with Crippen molar-refractivity contribution in [2.75, 3.05) is 13.7 Å². The minimum absolute atomic E-state index is 0.610. The van der Waals surface area contributed by atoms with E-state index in [4.69, 9.17) is 9.47 Å². The zero-order valence-corrected chi connectivity index (χ0v) is 13.1. The third-order valence-electron chi connectivity index (χ3n) is 2.70. The molecule has 5 heteroatoms. The van der Waals surface area contributed by atoms with Crippen LogP contribution in [0.1, 0.15) is 23.5 Å². The number of hydrogen-bond acceptors (Lipinski definition) is 4. The van der Waals surface area contributed by atoms with Gasteiger partial charge in [-0.1, -0.05) is 6.07 Å². The number of benzene rings is 1. The molecule has 0 saturated carbocycles. The highest BCUT2D eigenvalue weighted by Gasteiger charge is 2.18. The highest BCUT2D eigenvalue weighted by Crippen LogP contribution is 2.37.